The summed E-state index contributed by atoms with van der Waals surface area (Å²) in [6.07, 6.45) is -4.70. The molecule has 0 amide bonds. The first-order valence-corrected chi connectivity index (χ1v) is 8.01. The van der Waals surface area contributed by atoms with E-state index in [1.54, 1.807) is 0 Å². The molecule has 10 heteroatoms. The van der Waals surface area contributed by atoms with Crippen molar-refractivity contribution in [3.8, 4) is 0 Å². The number of anilines is 1. The molecule has 0 aliphatic heterocycles. The summed E-state index contributed by atoms with van der Waals surface area (Å²) < 4.78 is 64.4. The fourth-order valence-corrected chi connectivity index (χ4v) is 2.69. The lowest BCUT2D eigenvalue weighted by atomic mass is 10.1. The zero-order valence-electron chi connectivity index (χ0n) is 11.1. The summed E-state index contributed by atoms with van der Waals surface area (Å²) >= 11 is 5.25. The van der Waals surface area contributed by atoms with Gasteiger partial charge in [0.15, 0.2) is 5.43 Å². The summed E-state index contributed by atoms with van der Waals surface area (Å²) in [5.41, 5.74) is -1.95. The summed E-state index contributed by atoms with van der Waals surface area (Å²) in [6, 6.07) is 4.19. The van der Waals surface area contributed by atoms with Gasteiger partial charge in [0.1, 0.15) is 10.9 Å². The fraction of sp³-hybridized carbons (Fsp3) is 0.250. The molecule has 1 heterocycles. The van der Waals surface area contributed by atoms with Crippen molar-refractivity contribution in [1.29, 1.82) is 0 Å². The van der Waals surface area contributed by atoms with Crippen LogP contribution in [0.25, 0.3) is 10.9 Å². The van der Waals surface area contributed by atoms with E-state index in [1.807, 2.05) is 0 Å². The normalized spacial score (nSPS) is 12.6. The van der Waals surface area contributed by atoms with Gasteiger partial charge in [-0.1, -0.05) is 0 Å². The fourth-order valence-electron chi connectivity index (χ4n) is 1.99. The Balaban J connectivity index is 2.70. The first-order chi connectivity index (χ1) is 10.0. The number of hydrogen-bond donors (Lipinski definition) is 1. The molecule has 2 aromatic rings. The summed E-state index contributed by atoms with van der Waals surface area (Å²) in [6.45, 7) is 0. The number of aromatic nitrogens is 1. The summed E-state index contributed by atoms with van der Waals surface area (Å²) in [5, 5.41) is -0.656. The number of alkyl halides is 4. The Kier molecular flexibility index (Phi) is 4.14. The summed E-state index contributed by atoms with van der Waals surface area (Å²) in [4.78, 5) is 11.8. The Labute approximate surface area is 128 Å². The van der Waals surface area contributed by atoms with E-state index in [4.69, 9.17) is 11.6 Å². The van der Waals surface area contributed by atoms with Crippen molar-refractivity contribution in [2.75, 3.05) is 9.93 Å². The SMILES string of the molecule is Cn1c(C(F)(F)F)cc(=O)c2ccc(NS(=O)(=O)CCl)cc21. The quantitative estimate of drug-likeness (QED) is 0.861. The van der Waals surface area contributed by atoms with Crippen molar-refractivity contribution in [2.45, 2.75) is 6.18 Å². The van der Waals surface area contributed by atoms with Gasteiger partial charge >= 0.3 is 6.18 Å². The van der Waals surface area contributed by atoms with E-state index in [-0.39, 0.29) is 16.6 Å². The van der Waals surface area contributed by atoms with Gasteiger partial charge in [-0.3, -0.25) is 9.52 Å². The molecule has 0 atom stereocenters. The molecule has 0 saturated heterocycles. The number of fused-ring (bicyclic) bond motifs is 1. The van der Waals surface area contributed by atoms with Gasteiger partial charge in [-0.25, -0.2) is 8.42 Å². The van der Waals surface area contributed by atoms with Crippen molar-refractivity contribution < 1.29 is 21.6 Å². The predicted molar refractivity (Wildman–Crippen MR) is 77.5 cm³/mol. The van der Waals surface area contributed by atoms with E-state index in [1.165, 1.54) is 12.1 Å². The molecule has 1 aromatic carbocycles. The standard InChI is InChI=1S/C12H10ClF3N2O3S/c1-18-9-4-7(17-22(20,21)6-13)2-3-8(9)10(19)5-11(18)12(14,15)16/h2-5,17H,6H2,1H3. The molecule has 2 rings (SSSR count). The molecule has 0 bridgehead atoms. The molecule has 0 radical (unpaired) electrons. The number of rotatable bonds is 3. The van der Waals surface area contributed by atoms with Crippen molar-refractivity contribution >= 4 is 38.2 Å². The highest BCUT2D eigenvalue weighted by molar-refractivity contribution is 7.93. The molecule has 1 N–H and O–H groups in total. The van der Waals surface area contributed by atoms with E-state index >= 15 is 0 Å². The topological polar surface area (TPSA) is 68.2 Å². The van der Waals surface area contributed by atoms with Crippen molar-refractivity contribution in [2.24, 2.45) is 7.05 Å². The number of benzene rings is 1. The second kappa shape index (κ2) is 5.47. The number of nitrogens with zero attached hydrogens (tertiary/aromatic N) is 1. The van der Waals surface area contributed by atoms with Gasteiger partial charge in [-0.05, 0) is 18.2 Å². The molecule has 0 aliphatic rings. The van der Waals surface area contributed by atoms with Gasteiger partial charge in [0.2, 0.25) is 10.0 Å². The van der Waals surface area contributed by atoms with Gasteiger partial charge < -0.3 is 4.57 Å². The average molecular weight is 355 g/mol. The zero-order valence-corrected chi connectivity index (χ0v) is 12.7. The van der Waals surface area contributed by atoms with Gasteiger partial charge in [-0.15, -0.1) is 11.6 Å². The molecule has 120 valence electrons. The van der Waals surface area contributed by atoms with E-state index in [2.05, 4.69) is 4.72 Å². The number of sulfonamides is 1. The smallest absolute Gasteiger partial charge is 0.340 e. The predicted octanol–water partition coefficient (Wildman–Crippen LogP) is 2.50. The maximum absolute atomic E-state index is 12.9. The Morgan fingerprint density at radius 2 is 1.91 bits per heavy atom. The van der Waals surface area contributed by atoms with Gasteiger partial charge in [0, 0.05) is 18.5 Å². The number of aryl methyl sites for hydroxylation is 1. The van der Waals surface area contributed by atoms with E-state index in [0.717, 1.165) is 17.7 Å². The van der Waals surface area contributed by atoms with Crippen LogP contribution in [-0.2, 0) is 23.2 Å². The minimum absolute atomic E-state index is 0.0162. The third-order valence-corrected chi connectivity index (χ3v) is 4.66. The molecule has 5 nitrogen and oxygen atoms in total. The van der Waals surface area contributed by atoms with Crippen molar-refractivity contribution in [3.63, 3.8) is 0 Å². The zero-order chi connectivity index (χ0) is 16.7. The van der Waals surface area contributed by atoms with Crippen LogP contribution in [0.3, 0.4) is 0 Å². The molecule has 0 saturated carbocycles. The van der Waals surface area contributed by atoms with Crippen LogP contribution in [0, 0.1) is 0 Å². The van der Waals surface area contributed by atoms with Crippen LogP contribution in [-0.4, -0.2) is 18.2 Å². The largest absolute Gasteiger partial charge is 0.431 e. The maximum atomic E-state index is 12.9. The summed E-state index contributed by atoms with van der Waals surface area (Å²) in [7, 11) is -2.65. The second-order valence-electron chi connectivity index (χ2n) is 4.51. The Hall–Kier alpha value is -1.74. The number of hydrogen-bond acceptors (Lipinski definition) is 3. The molecule has 0 spiro atoms. The number of nitrogens with one attached hydrogen (secondary N) is 1. The highest BCUT2D eigenvalue weighted by atomic mass is 35.5. The molecule has 0 fully saturated rings. The van der Waals surface area contributed by atoms with Crippen LogP contribution in [0.5, 0.6) is 0 Å². The molecule has 1 aromatic heterocycles. The van der Waals surface area contributed by atoms with Crippen LogP contribution in [0.15, 0.2) is 29.1 Å². The number of pyridine rings is 1. The molecule has 0 aliphatic carbocycles. The lowest BCUT2D eigenvalue weighted by Gasteiger charge is -2.15. The van der Waals surface area contributed by atoms with E-state index in [9.17, 15) is 26.4 Å². The van der Waals surface area contributed by atoms with Gasteiger partial charge in [0.05, 0.1) is 11.2 Å². The Morgan fingerprint density at radius 3 is 2.45 bits per heavy atom. The Bertz CT molecular complexity index is 891. The Morgan fingerprint density at radius 1 is 1.27 bits per heavy atom. The maximum Gasteiger partial charge on any atom is 0.431 e. The lowest BCUT2D eigenvalue weighted by molar-refractivity contribution is -0.143. The van der Waals surface area contributed by atoms with Crippen LogP contribution >= 0.6 is 11.6 Å². The van der Waals surface area contributed by atoms with Crippen LogP contribution in [0.1, 0.15) is 5.69 Å². The second-order valence-corrected chi connectivity index (χ2v) is 6.81. The van der Waals surface area contributed by atoms with Crippen LogP contribution < -0.4 is 10.2 Å². The van der Waals surface area contributed by atoms with E-state index < -0.39 is 32.5 Å². The average Bonchev–Trinajstić information content (AvgIpc) is 2.41. The highest BCUT2D eigenvalue weighted by Gasteiger charge is 2.34. The molecule has 0 unspecified atom stereocenters. The lowest BCUT2D eigenvalue weighted by Crippen LogP contribution is -2.20. The van der Waals surface area contributed by atoms with E-state index in [0.29, 0.717) is 6.07 Å². The van der Waals surface area contributed by atoms with Gasteiger partial charge in [0.25, 0.3) is 0 Å². The van der Waals surface area contributed by atoms with Crippen molar-refractivity contribution in [1.82, 2.24) is 4.57 Å². The summed E-state index contributed by atoms with van der Waals surface area (Å²) in [5.74, 6) is 0. The van der Waals surface area contributed by atoms with Crippen molar-refractivity contribution in [3.05, 3.63) is 40.2 Å². The number of halogens is 4. The first-order valence-electron chi connectivity index (χ1n) is 5.82. The third kappa shape index (κ3) is 3.20. The molecular formula is C12H10ClF3N2O3S. The third-order valence-electron chi connectivity index (χ3n) is 2.96. The monoisotopic (exact) mass is 354 g/mol. The molecular weight excluding hydrogens is 345 g/mol. The van der Waals surface area contributed by atoms with Crippen LogP contribution in [0.4, 0.5) is 18.9 Å². The molecule has 22 heavy (non-hydrogen) atoms. The minimum atomic E-state index is -4.70. The first kappa shape index (κ1) is 16.6. The van der Waals surface area contributed by atoms with Crippen LogP contribution in [0.2, 0.25) is 0 Å². The highest BCUT2D eigenvalue weighted by Crippen LogP contribution is 2.30. The minimum Gasteiger partial charge on any atom is -0.340 e. The van der Waals surface area contributed by atoms with Gasteiger partial charge in [-0.2, -0.15) is 13.2 Å².